The summed E-state index contributed by atoms with van der Waals surface area (Å²) < 4.78 is 32.4. The molecule has 6 nitrogen and oxygen atoms in total. The Morgan fingerprint density at radius 1 is 1.22 bits per heavy atom. The van der Waals surface area contributed by atoms with Crippen LogP contribution in [0.3, 0.4) is 0 Å². The summed E-state index contributed by atoms with van der Waals surface area (Å²) in [5.74, 6) is 0. The minimum atomic E-state index is -3.53. The van der Waals surface area contributed by atoms with Gasteiger partial charge in [0.15, 0.2) is 0 Å². The van der Waals surface area contributed by atoms with Crippen molar-refractivity contribution in [2.45, 2.75) is 64.2 Å². The first-order valence-electron chi connectivity index (χ1n) is 7.60. The summed E-state index contributed by atoms with van der Waals surface area (Å²) in [5, 5.41) is 0. The predicted molar refractivity (Wildman–Crippen MR) is 87.4 cm³/mol. The Bertz CT molecular complexity index is 705. The fourth-order valence-electron chi connectivity index (χ4n) is 2.37. The Balaban J connectivity index is 2.17. The van der Waals surface area contributed by atoms with Crippen molar-refractivity contribution >= 4 is 16.1 Å². The van der Waals surface area contributed by atoms with Crippen molar-refractivity contribution in [3.8, 4) is 0 Å². The lowest BCUT2D eigenvalue weighted by atomic mass is 10.1. The number of carbonyl (C=O) groups is 1. The summed E-state index contributed by atoms with van der Waals surface area (Å²) >= 11 is 0. The lowest BCUT2D eigenvalue weighted by Gasteiger charge is -2.24. The molecule has 0 aliphatic carbocycles. The summed E-state index contributed by atoms with van der Waals surface area (Å²) in [7, 11) is -3.53. The van der Waals surface area contributed by atoms with Crippen molar-refractivity contribution in [1.82, 2.24) is 9.62 Å². The number of fused-ring (bicyclic) bond motifs is 1. The van der Waals surface area contributed by atoms with E-state index in [2.05, 4.69) is 4.72 Å². The minimum Gasteiger partial charge on any atom is -0.444 e. The van der Waals surface area contributed by atoms with E-state index < -0.39 is 21.7 Å². The summed E-state index contributed by atoms with van der Waals surface area (Å²) in [6.07, 6.45) is -0.390. The van der Waals surface area contributed by atoms with Gasteiger partial charge in [-0.3, -0.25) is 4.90 Å². The summed E-state index contributed by atoms with van der Waals surface area (Å²) in [5.41, 5.74) is 1.23. The summed E-state index contributed by atoms with van der Waals surface area (Å²) in [6.45, 7) is 9.78. The van der Waals surface area contributed by atoms with Gasteiger partial charge in [0.05, 0.1) is 4.90 Å². The van der Waals surface area contributed by atoms with Crippen LogP contribution >= 0.6 is 0 Å². The topological polar surface area (TPSA) is 75.7 Å². The second-order valence-corrected chi connectivity index (χ2v) is 8.76. The highest BCUT2D eigenvalue weighted by atomic mass is 32.2. The maximum Gasteiger partial charge on any atom is 0.410 e. The minimum absolute atomic E-state index is 0.175. The van der Waals surface area contributed by atoms with Gasteiger partial charge in [0.1, 0.15) is 5.60 Å². The highest BCUT2D eigenvalue weighted by Crippen LogP contribution is 2.27. The first kappa shape index (κ1) is 17.7. The molecule has 0 saturated heterocycles. The summed E-state index contributed by atoms with van der Waals surface area (Å²) in [6, 6.07) is 4.78. The molecule has 1 aromatic rings. The first-order valence-corrected chi connectivity index (χ1v) is 9.08. The molecule has 0 saturated carbocycles. The van der Waals surface area contributed by atoms with Crippen molar-refractivity contribution in [1.29, 1.82) is 0 Å². The number of ether oxygens (including phenoxy) is 1. The zero-order chi connectivity index (χ0) is 17.4. The summed E-state index contributed by atoms with van der Waals surface area (Å²) in [4.78, 5) is 13.9. The molecule has 1 heterocycles. The molecular formula is C16H24N2O4S. The molecule has 0 fully saturated rings. The monoisotopic (exact) mass is 340 g/mol. The largest absolute Gasteiger partial charge is 0.444 e. The number of hydrogen-bond acceptors (Lipinski definition) is 4. The van der Waals surface area contributed by atoms with Gasteiger partial charge in [0.25, 0.3) is 0 Å². The van der Waals surface area contributed by atoms with Crippen molar-refractivity contribution in [3.63, 3.8) is 0 Å². The molecule has 1 aromatic carbocycles. The molecule has 0 spiro atoms. The van der Waals surface area contributed by atoms with Crippen molar-refractivity contribution < 1.29 is 17.9 Å². The van der Waals surface area contributed by atoms with Crippen LogP contribution in [0.25, 0.3) is 0 Å². The van der Waals surface area contributed by atoms with Crippen molar-refractivity contribution in [3.05, 3.63) is 29.3 Å². The van der Waals surface area contributed by atoms with Gasteiger partial charge < -0.3 is 4.74 Å². The lowest BCUT2D eigenvalue weighted by molar-refractivity contribution is 0.0242. The number of nitrogens with one attached hydrogen (secondary N) is 1. The van der Waals surface area contributed by atoms with Crippen LogP contribution in [-0.4, -0.2) is 31.1 Å². The molecule has 7 heteroatoms. The second kappa shape index (κ2) is 6.13. The Labute approximate surface area is 137 Å². The molecule has 1 aliphatic rings. The first-order chi connectivity index (χ1) is 10.5. The predicted octanol–water partition coefficient (Wildman–Crippen LogP) is 2.62. The molecule has 128 valence electrons. The highest BCUT2D eigenvalue weighted by molar-refractivity contribution is 7.89. The van der Waals surface area contributed by atoms with E-state index in [1.165, 1.54) is 0 Å². The molecule has 1 amide bonds. The van der Waals surface area contributed by atoms with Crippen LogP contribution in [0.5, 0.6) is 0 Å². The van der Waals surface area contributed by atoms with Crippen LogP contribution in [0.15, 0.2) is 23.1 Å². The van der Waals surface area contributed by atoms with Crippen LogP contribution in [0, 0.1) is 0 Å². The van der Waals surface area contributed by atoms with Gasteiger partial charge in [0.2, 0.25) is 10.0 Å². The van der Waals surface area contributed by atoms with E-state index in [4.69, 9.17) is 4.74 Å². The SMILES string of the molecule is CC(C)NS(=O)(=O)c1ccc2c(c1)CN(C(=O)OC(C)(C)C)C2. The third-order valence-corrected chi connectivity index (χ3v) is 4.91. The molecule has 1 N–H and O–H groups in total. The second-order valence-electron chi connectivity index (χ2n) is 7.04. The fourth-order valence-corrected chi connectivity index (χ4v) is 3.67. The number of sulfonamides is 1. The van der Waals surface area contributed by atoms with Crippen LogP contribution in [0.1, 0.15) is 45.7 Å². The third-order valence-electron chi connectivity index (χ3n) is 3.25. The van der Waals surface area contributed by atoms with Gasteiger partial charge >= 0.3 is 6.09 Å². The average Bonchev–Trinajstić information content (AvgIpc) is 2.77. The van der Waals surface area contributed by atoms with Gasteiger partial charge in [0, 0.05) is 19.1 Å². The van der Waals surface area contributed by atoms with E-state index in [-0.39, 0.29) is 10.9 Å². The van der Waals surface area contributed by atoms with E-state index >= 15 is 0 Å². The highest BCUT2D eigenvalue weighted by Gasteiger charge is 2.29. The van der Waals surface area contributed by atoms with Gasteiger partial charge in [-0.15, -0.1) is 0 Å². The lowest BCUT2D eigenvalue weighted by Crippen LogP contribution is -2.33. The molecule has 0 unspecified atom stereocenters. The van der Waals surface area contributed by atoms with Crippen LogP contribution in [-0.2, 0) is 27.8 Å². The van der Waals surface area contributed by atoms with E-state index in [9.17, 15) is 13.2 Å². The van der Waals surface area contributed by atoms with E-state index in [0.717, 1.165) is 11.1 Å². The van der Waals surface area contributed by atoms with Crippen LogP contribution in [0.2, 0.25) is 0 Å². The third kappa shape index (κ3) is 4.45. The molecular weight excluding hydrogens is 316 g/mol. The number of nitrogens with zero attached hydrogens (tertiary/aromatic N) is 1. The molecule has 23 heavy (non-hydrogen) atoms. The standard InChI is InChI=1S/C16H24N2O4S/c1-11(2)17-23(20,21)14-7-6-12-9-18(10-13(12)8-14)15(19)22-16(3,4)5/h6-8,11,17H,9-10H2,1-5H3. The number of hydrogen-bond donors (Lipinski definition) is 1. The van der Waals surface area contributed by atoms with Gasteiger partial charge in [-0.05, 0) is 57.9 Å². The normalized spacial score (nSPS) is 15.0. The molecule has 0 radical (unpaired) electrons. The van der Waals surface area contributed by atoms with Crippen LogP contribution < -0.4 is 4.72 Å². The quantitative estimate of drug-likeness (QED) is 0.918. The number of carbonyl (C=O) groups excluding carboxylic acids is 1. The van der Waals surface area contributed by atoms with Gasteiger partial charge in [-0.2, -0.15) is 0 Å². The smallest absolute Gasteiger partial charge is 0.410 e. The Morgan fingerprint density at radius 2 is 1.83 bits per heavy atom. The Morgan fingerprint density at radius 3 is 2.39 bits per heavy atom. The molecule has 0 atom stereocenters. The number of amides is 1. The maximum atomic E-state index is 12.2. The van der Waals surface area contributed by atoms with Gasteiger partial charge in [-0.25, -0.2) is 17.9 Å². The van der Waals surface area contributed by atoms with E-state index in [1.54, 1.807) is 36.9 Å². The van der Waals surface area contributed by atoms with Crippen molar-refractivity contribution in [2.75, 3.05) is 0 Å². The number of benzene rings is 1. The maximum absolute atomic E-state index is 12.2. The van der Waals surface area contributed by atoms with Crippen LogP contribution in [0.4, 0.5) is 4.79 Å². The van der Waals surface area contributed by atoms with Crippen molar-refractivity contribution in [2.24, 2.45) is 0 Å². The van der Waals surface area contributed by atoms with E-state index in [1.807, 2.05) is 20.8 Å². The molecule has 0 aromatic heterocycles. The number of rotatable bonds is 3. The van der Waals surface area contributed by atoms with E-state index in [0.29, 0.717) is 13.1 Å². The fraction of sp³-hybridized carbons (Fsp3) is 0.562. The molecule has 2 rings (SSSR count). The Kier molecular flexibility index (Phi) is 4.73. The zero-order valence-electron chi connectivity index (χ0n) is 14.2. The average molecular weight is 340 g/mol. The molecule has 1 aliphatic heterocycles. The molecule has 0 bridgehead atoms. The zero-order valence-corrected chi connectivity index (χ0v) is 15.0. The van der Waals surface area contributed by atoms with Gasteiger partial charge in [-0.1, -0.05) is 6.07 Å². The Hall–Kier alpha value is -1.60.